The first kappa shape index (κ1) is 25.0. The third-order valence-electron chi connectivity index (χ3n) is 6.29. The number of aromatic nitrogens is 6. The topological polar surface area (TPSA) is 155 Å². The maximum Gasteiger partial charge on any atom is 0.275 e. The Hall–Kier alpha value is -4.71. The second kappa shape index (κ2) is 10.7. The standard InChI is InChI=1S/C26H27N9O3/c1-4-22(36)29-18-10-17(13-35(3)14-18)26-32-24(34-38-26)16-8-9-21(27-12-16)31-25(37)20-7-5-6-19(30-20)23-15(2)11-28-33-23/h4-9,11-12,17-18H,1,10,13-14H2,2-3H3,(H,28,33)(H,29,36)(H,27,31,37)/t17-,18+/m1/s1. The van der Waals surface area contributed by atoms with Crippen molar-refractivity contribution in [2.75, 3.05) is 25.5 Å². The fourth-order valence-corrected chi connectivity index (χ4v) is 4.47. The highest BCUT2D eigenvalue weighted by Gasteiger charge is 2.31. The van der Waals surface area contributed by atoms with E-state index in [9.17, 15) is 9.59 Å². The molecule has 0 aromatic carbocycles. The lowest BCUT2D eigenvalue weighted by atomic mass is 9.94. The number of rotatable bonds is 7. The summed E-state index contributed by atoms with van der Waals surface area (Å²) < 4.78 is 5.56. The van der Waals surface area contributed by atoms with E-state index in [0.29, 0.717) is 35.2 Å². The predicted molar refractivity (Wildman–Crippen MR) is 139 cm³/mol. The van der Waals surface area contributed by atoms with E-state index in [-0.39, 0.29) is 29.5 Å². The van der Waals surface area contributed by atoms with Gasteiger partial charge in [0.25, 0.3) is 5.91 Å². The van der Waals surface area contributed by atoms with Crippen molar-refractivity contribution >= 4 is 17.6 Å². The van der Waals surface area contributed by atoms with Crippen LogP contribution in [0.15, 0.2) is 59.9 Å². The number of H-pyrrole nitrogens is 1. The summed E-state index contributed by atoms with van der Waals surface area (Å²) in [7, 11) is 1.98. The van der Waals surface area contributed by atoms with Gasteiger partial charge >= 0.3 is 0 Å². The zero-order valence-corrected chi connectivity index (χ0v) is 21.0. The molecule has 4 aromatic rings. The molecule has 194 valence electrons. The lowest BCUT2D eigenvalue weighted by Gasteiger charge is -2.34. The molecular weight excluding hydrogens is 486 g/mol. The number of piperidine rings is 1. The van der Waals surface area contributed by atoms with E-state index >= 15 is 0 Å². The van der Waals surface area contributed by atoms with E-state index in [1.807, 2.05) is 20.0 Å². The summed E-state index contributed by atoms with van der Waals surface area (Å²) in [5, 5.41) is 16.7. The Morgan fingerprint density at radius 2 is 2.05 bits per heavy atom. The predicted octanol–water partition coefficient (Wildman–Crippen LogP) is 2.57. The summed E-state index contributed by atoms with van der Waals surface area (Å²) in [4.78, 5) is 40.0. The number of amides is 2. The number of pyridine rings is 2. The molecule has 5 rings (SSSR count). The van der Waals surface area contributed by atoms with Crippen LogP contribution in [0.5, 0.6) is 0 Å². The van der Waals surface area contributed by atoms with Gasteiger partial charge < -0.3 is 20.1 Å². The second-order valence-electron chi connectivity index (χ2n) is 9.24. The Labute approximate surface area is 218 Å². The third-order valence-corrected chi connectivity index (χ3v) is 6.29. The smallest absolute Gasteiger partial charge is 0.275 e. The molecule has 2 atom stereocenters. The van der Waals surface area contributed by atoms with E-state index in [0.717, 1.165) is 24.3 Å². The lowest BCUT2D eigenvalue weighted by Crippen LogP contribution is -2.48. The first-order valence-corrected chi connectivity index (χ1v) is 12.1. The number of carbonyl (C=O) groups excluding carboxylic acids is 2. The van der Waals surface area contributed by atoms with Gasteiger partial charge in [-0.1, -0.05) is 17.8 Å². The highest BCUT2D eigenvalue weighted by molar-refractivity contribution is 6.02. The van der Waals surface area contributed by atoms with Gasteiger partial charge in [-0.2, -0.15) is 10.1 Å². The van der Waals surface area contributed by atoms with Crippen LogP contribution in [0, 0.1) is 6.92 Å². The number of aromatic amines is 1. The molecule has 0 saturated carbocycles. The molecule has 1 saturated heterocycles. The molecule has 4 aromatic heterocycles. The third kappa shape index (κ3) is 5.49. The number of likely N-dealkylation sites (N-methyl/N-ethyl adjacent to an activating group) is 1. The number of nitrogens with one attached hydrogen (secondary N) is 3. The minimum absolute atomic E-state index is 0.0227. The number of anilines is 1. The van der Waals surface area contributed by atoms with Crippen LogP contribution in [-0.2, 0) is 4.79 Å². The summed E-state index contributed by atoms with van der Waals surface area (Å²) >= 11 is 0. The van der Waals surface area contributed by atoms with Gasteiger partial charge in [-0.15, -0.1) is 0 Å². The number of likely N-dealkylation sites (tertiary alicyclic amines) is 1. The van der Waals surface area contributed by atoms with Crippen molar-refractivity contribution in [2.24, 2.45) is 0 Å². The highest BCUT2D eigenvalue weighted by Crippen LogP contribution is 2.27. The molecule has 0 unspecified atom stereocenters. The van der Waals surface area contributed by atoms with Gasteiger partial charge in [-0.3, -0.25) is 14.7 Å². The Morgan fingerprint density at radius 3 is 2.79 bits per heavy atom. The Morgan fingerprint density at radius 1 is 1.18 bits per heavy atom. The van der Waals surface area contributed by atoms with Crippen LogP contribution >= 0.6 is 0 Å². The molecule has 1 fully saturated rings. The molecule has 0 aliphatic carbocycles. The Kier molecular flexibility index (Phi) is 7.05. The van der Waals surface area contributed by atoms with Gasteiger partial charge in [0.2, 0.25) is 17.6 Å². The number of carbonyl (C=O) groups is 2. The average Bonchev–Trinajstić information content (AvgIpc) is 3.58. The first-order valence-electron chi connectivity index (χ1n) is 12.1. The van der Waals surface area contributed by atoms with Crippen LogP contribution < -0.4 is 10.6 Å². The summed E-state index contributed by atoms with van der Waals surface area (Å²) in [6, 6.07) is 8.60. The number of aryl methyl sites for hydroxylation is 1. The van der Waals surface area contributed by atoms with Gasteiger partial charge in [0.05, 0.1) is 23.5 Å². The van der Waals surface area contributed by atoms with Crippen LogP contribution in [0.3, 0.4) is 0 Å². The molecule has 5 heterocycles. The Balaban J connectivity index is 1.24. The van der Waals surface area contributed by atoms with Crippen molar-refractivity contribution in [3.63, 3.8) is 0 Å². The SMILES string of the molecule is C=CC(=O)N[C@H]1C[C@@H](c2nc(-c3ccc(NC(=O)c4cccc(-c5[nH]ncc5C)n4)nc3)no2)CN(C)C1. The van der Waals surface area contributed by atoms with Crippen LogP contribution in [0.1, 0.15) is 34.3 Å². The zero-order valence-electron chi connectivity index (χ0n) is 21.0. The maximum absolute atomic E-state index is 12.8. The molecule has 0 radical (unpaired) electrons. The summed E-state index contributed by atoms with van der Waals surface area (Å²) in [6.07, 6.45) is 5.23. The van der Waals surface area contributed by atoms with Crippen molar-refractivity contribution in [3.05, 3.63) is 72.5 Å². The minimum Gasteiger partial charge on any atom is -0.349 e. The van der Waals surface area contributed by atoms with Crippen molar-refractivity contribution in [1.82, 2.24) is 40.5 Å². The van der Waals surface area contributed by atoms with Gasteiger partial charge in [-0.25, -0.2) is 9.97 Å². The Bertz CT molecular complexity index is 1460. The summed E-state index contributed by atoms with van der Waals surface area (Å²) in [5.74, 6) is 0.651. The van der Waals surface area contributed by atoms with Gasteiger partial charge in [0, 0.05) is 30.9 Å². The fourth-order valence-electron chi connectivity index (χ4n) is 4.47. The molecule has 1 aliphatic rings. The number of hydrogen-bond donors (Lipinski definition) is 3. The van der Waals surface area contributed by atoms with Crippen LogP contribution in [0.4, 0.5) is 5.82 Å². The normalized spacial score (nSPS) is 17.6. The molecule has 0 spiro atoms. The van der Waals surface area contributed by atoms with E-state index < -0.39 is 0 Å². The molecule has 2 amide bonds. The molecule has 12 nitrogen and oxygen atoms in total. The van der Waals surface area contributed by atoms with E-state index in [1.54, 1.807) is 36.7 Å². The van der Waals surface area contributed by atoms with Crippen LogP contribution in [-0.4, -0.2) is 73.2 Å². The van der Waals surface area contributed by atoms with Gasteiger partial charge in [0.15, 0.2) is 0 Å². The fraction of sp³-hybridized carbons (Fsp3) is 0.269. The molecule has 38 heavy (non-hydrogen) atoms. The van der Waals surface area contributed by atoms with Crippen LogP contribution in [0.2, 0.25) is 0 Å². The van der Waals surface area contributed by atoms with E-state index in [2.05, 4.69) is 52.4 Å². The van der Waals surface area contributed by atoms with Crippen molar-refractivity contribution in [1.29, 1.82) is 0 Å². The highest BCUT2D eigenvalue weighted by atomic mass is 16.5. The lowest BCUT2D eigenvalue weighted by molar-refractivity contribution is -0.117. The maximum atomic E-state index is 12.8. The summed E-state index contributed by atoms with van der Waals surface area (Å²) in [6.45, 7) is 6.90. The van der Waals surface area contributed by atoms with E-state index in [4.69, 9.17) is 4.52 Å². The van der Waals surface area contributed by atoms with Crippen molar-refractivity contribution < 1.29 is 14.1 Å². The van der Waals surface area contributed by atoms with Gasteiger partial charge in [-0.05, 0) is 56.3 Å². The molecule has 3 N–H and O–H groups in total. The van der Waals surface area contributed by atoms with Crippen molar-refractivity contribution in [3.8, 4) is 22.8 Å². The molecule has 1 aliphatic heterocycles. The second-order valence-corrected chi connectivity index (χ2v) is 9.24. The average molecular weight is 514 g/mol. The van der Waals surface area contributed by atoms with E-state index in [1.165, 1.54) is 6.08 Å². The molecule has 0 bridgehead atoms. The van der Waals surface area contributed by atoms with Crippen LogP contribution in [0.25, 0.3) is 22.8 Å². The zero-order chi connectivity index (χ0) is 26.6. The largest absolute Gasteiger partial charge is 0.349 e. The van der Waals surface area contributed by atoms with Gasteiger partial charge in [0.1, 0.15) is 11.5 Å². The number of hydrogen-bond acceptors (Lipinski definition) is 9. The monoisotopic (exact) mass is 513 g/mol. The minimum atomic E-state index is -0.384. The summed E-state index contributed by atoms with van der Waals surface area (Å²) in [5.41, 5.74) is 3.23. The number of nitrogens with zero attached hydrogens (tertiary/aromatic N) is 6. The van der Waals surface area contributed by atoms with Crippen molar-refractivity contribution in [2.45, 2.75) is 25.3 Å². The molecule has 12 heteroatoms. The first-order chi connectivity index (χ1) is 18.4. The quantitative estimate of drug-likeness (QED) is 0.316. The molecular formula is C26H27N9O3.